The molecule has 0 saturated carbocycles. The second-order valence-electron chi connectivity index (χ2n) is 7.07. The maximum absolute atomic E-state index is 10.7. The van der Waals surface area contributed by atoms with E-state index in [9.17, 15) is 5.11 Å². The quantitative estimate of drug-likeness (QED) is 0.374. The van der Waals surface area contributed by atoms with Crippen LogP contribution in [-0.4, -0.2) is 5.11 Å². The molecule has 1 nitrogen and oxygen atoms in total. The zero-order chi connectivity index (χ0) is 17.7. The van der Waals surface area contributed by atoms with Gasteiger partial charge in [0.2, 0.25) is 0 Å². The first-order valence-corrected chi connectivity index (χ1v) is 9.13. The molecule has 0 amide bonds. The number of aliphatic hydroxyl groups excluding tert-OH is 1. The standard InChI is InChI=1S/C25H20O.2ClH.Ti/c1-16(26)24-18-9-3-2-8-17(18)14-15-23(24)25-21-12-6-4-10-19(21)20-11-5-7-13-22(20)25;;;/h2-16,25-26H,1H3;2*1H;/q;;;+2/p-2. The smallest absolute Gasteiger partial charge is 1.00 e. The molecule has 0 fully saturated rings. The first kappa shape index (κ1) is 23.7. The van der Waals surface area contributed by atoms with Crippen LogP contribution < -0.4 is 24.8 Å². The van der Waals surface area contributed by atoms with Crippen molar-refractivity contribution in [2.45, 2.75) is 18.9 Å². The van der Waals surface area contributed by atoms with Gasteiger partial charge in [0.1, 0.15) is 0 Å². The normalized spacial score (nSPS) is 12.8. The number of aliphatic hydroxyl groups is 1. The van der Waals surface area contributed by atoms with E-state index in [1.807, 2.05) is 13.0 Å². The Balaban J connectivity index is 0.000001000. The minimum Gasteiger partial charge on any atom is -1.00 e. The Labute approximate surface area is 198 Å². The van der Waals surface area contributed by atoms with Gasteiger partial charge in [-0.05, 0) is 51.1 Å². The van der Waals surface area contributed by atoms with Crippen molar-refractivity contribution < 1.29 is 51.6 Å². The molecule has 29 heavy (non-hydrogen) atoms. The fraction of sp³-hybridized carbons (Fsp3) is 0.120. The van der Waals surface area contributed by atoms with Crippen LogP contribution in [0, 0.1) is 0 Å². The van der Waals surface area contributed by atoms with Crippen LogP contribution in [0.25, 0.3) is 21.9 Å². The van der Waals surface area contributed by atoms with Gasteiger partial charge in [-0.2, -0.15) is 0 Å². The van der Waals surface area contributed by atoms with E-state index >= 15 is 0 Å². The third-order valence-electron chi connectivity index (χ3n) is 5.57. The summed E-state index contributed by atoms with van der Waals surface area (Å²) in [4.78, 5) is 0. The molecule has 1 aliphatic carbocycles. The summed E-state index contributed by atoms with van der Waals surface area (Å²) in [7, 11) is 0. The molecule has 5 rings (SSSR count). The minimum atomic E-state index is -0.518. The number of hydrogen-bond donors (Lipinski definition) is 1. The molecule has 4 aromatic carbocycles. The number of fused-ring (bicyclic) bond motifs is 4. The van der Waals surface area contributed by atoms with Crippen LogP contribution in [0.4, 0.5) is 0 Å². The van der Waals surface area contributed by atoms with E-state index in [4.69, 9.17) is 0 Å². The summed E-state index contributed by atoms with van der Waals surface area (Å²) in [5, 5.41) is 13.0. The van der Waals surface area contributed by atoms with Gasteiger partial charge in [-0.3, -0.25) is 0 Å². The summed E-state index contributed by atoms with van der Waals surface area (Å²) in [6, 6.07) is 30.0. The molecule has 144 valence electrons. The van der Waals surface area contributed by atoms with Gasteiger partial charge in [-0.25, -0.2) is 0 Å². The van der Waals surface area contributed by atoms with E-state index in [1.54, 1.807) is 0 Å². The van der Waals surface area contributed by atoms with Crippen LogP contribution in [0.1, 0.15) is 41.2 Å². The van der Waals surface area contributed by atoms with Crippen molar-refractivity contribution in [3.05, 3.63) is 107 Å². The molecule has 4 aromatic rings. The van der Waals surface area contributed by atoms with Crippen molar-refractivity contribution in [3.8, 4) is 11.1 Å². The van der Waals surface area contributed by atoms with Crippen LogP contribution in [-0.2, 0) is 21.7 Å². The van der Waals surface area contributed by atoms with Crippen LogP contribution >= 0.6 is 0 Å². The van der Waals surface area contributed by atoms with Crippen LogP contribution in [0.3, 0.4) is 0 Å². The maximum Gasteiger partial charge on any atom is 2.00 e. The summed E-state index contributed by atoms with van der Waals surface area (Å²) in [5.41, 5.74) is 7.50. The molecule has 4 heteroatoms. The molecule has 1 N–H and O–H groups in total. The van der Waals surface area contributed by atoms with Gasteiger partial charge in [0.25, 0.3) is 0 Å². The summed E-state index contributed by atoms with van der Waals surface area (Å²) in [5.74, 6) is 0.164. The van der Waals surface area contributed by atoms with Gasteiger partial charge >= 0.3 is 21.7 Å². The van der Waals surface area contributed by atoms with E-state index in [1.165, 1.54) is 33.2 Å². The molecule has 1 unspecified atom stereocenters. The second-order valence-corrected chi connectivity index (χ2v) is 7.07. The average molecular weight is 455 g/mol. The molecule has 0 bridgehead atoms. The van der Waals surface area contributed by atoms with Gasteiger partial charge < -0.3 is 29.9 Å². The Morgan fingerprint density at radius 2 is 1.17 bits per heavy atom. The van der Waals surface area contributed by atoms with Crippen LogP contribution in [0.2, 0.25) is 0 Å². The molecule has 0 spiro atoms. The Bertz CT molecular complexity index is 1090. The number of halogens is 2. The monoisotopic (exact) mass is 454 g/mol. The van der Waals surface area contributed by atoms with Crippen LogP contribution in [0.5, 0.6) is 0 Å². The molecule has 0 radical (unpaired) electrons. The van der Waals surface area contributed by atoms with E-state index in [-0.39, 0.29) is 52.4 Å². The zero-order valence-electron chi connectivity index (χ0n) is 15.9. The van der Waals surface area contributed by atoms with Crippen molar-refractivity contribution in [1.82, 2.24) is 0 Å². The molecular weight excluding hydrogens is 435 g/mol. The maximum atomic E-state index is 10.7. The van der Waals surface area contributed by atoms with Gasteiger partial charge in [-0.1, -0.05) is 84.9 Å². The third kappa shape index (κ3) is 3.79. The number of hydrogen-bond acceptors (Lipinski definition) is 1. The molecule has 1 atom stereocenters. The van der Waals surface area contributed by atoms with Crippen molar-refractivity contribution in [1.29, 1.82) is 0 Å². The Hall–Kier alpha value is -1.61. The molecular formula is C25H20Cl2OTi. The van der Waals surface area contributed by atoms with Gasteiger partial charge in [-0.15, -0.1) is 0 Å². The van der Waals surface area contributed by atoms with E-state index in [2.05, 4.69) is 78.9 Å². The molecule has 0 heterocycles. The van der Waals surface area contributed by atoms with E-state index in [0.717, 1.165) is 10.9 Å². The summed E-state index contributed by atoms with van der Waals surface area (Å²) in [6.07, 6.45) is -0.518. The first-order valence-electron chi connectivity index (χ1n) is 9.13. The predicted molar refractivity (Wildman–Crippen MR) is 107 cm³/mol. The zero-order valence-corrected chi connectivity index (χ0v) is 19.0. The molecule has 0 aromatic heterocycles. The summed E-state index contributed by atoms with van der Waals surface area (Å²) >= 11 is 0. The van der Waals surface area contributed by atoms with Crippen molar-refractivity contribution in [2.75, 3.05) is 0 Å². The van der Waals surface area contributed by atoms with Crippen LogP contribution in [0.15, 0.2) is 84.9 Å². The van der Waals surface area contributed by atoms with Gasteiger partial charge in [0.05, 0.1) is 6.10 Å². The third-order valence-corrected chi connectivity index (χ3v) is 5.57. The number of rotatable bonds is 2. The van der Waals surface area contributed by atoms with Gasteiger partial charge in [0, 0.05) is 5.92 Å². The van der Waals surface area contributed by atoms with Crippen molar-refractivity contribution >= 4 is 10.8 Å². The van der Waals surface area contributed by atoms with E-state index < -0.39 is 6.10 Å². The topological polar surface area (TPSA) is 20.2 Å². The average Bonchev–Trinajstić information content (AvgIpc) is 3.01. The minimum absolute atomic E-state index is 0. The van der Waals surface area contributed by atoms with Crippen molar-refractivity contribution in [3.63, 3.8) is 0 Å². The predicted octanol–water partition coefficient (Wildman–Crippen LogP) is 0.0592. The fourth-order valence-electron chi connectivity index (χ4n) is 4.52. The summed E-state index contributed by atoms with van der Waals surface area (Å²) < 4.78 is 0. The first-order chi connectivity index (χ1) is 12.8. The Morgan fingerprint density at radius 3 is 1.76 bits per heavy atom. The Kier molecular flexibility index (Phi) is 7.73. The van der Waals surface area contributed by atoms with Gasteiger partial charge in [0.15, 0.2) is 0 Å². The fourth-order valence-corrected chi connectivity index (χ4v) is 4.52. The number of benzene rings is 4. The van der Waals surface area contributed by atoms with Crippen molar-refractivity contribution in [2.24, 2.45) is 0 Å². The molecule has 0 saturated heterocycles. The molecule has 1 aliphatic rings. The van der Waals surface area contributed by atoms with E-state index in [0.29, 0.717) is 0 Å². The SMILES string of the molecule is CC(O)c1c(C2c3ccccc3-c3ccccc32)ccc2ccccc12.[Cl-].[Cl-].[Ti+2]. The second kappa shape index (κ2) is 9.47. The largest absolute Gasteiger partial charge is 2.00 e. The Morgan fingerprint density at radius 1 is 0.655 bits per heavy atom. The molecule has 0 aliphatic heterocycles. The summed E-state index contributed by atoms with van der Waals surface area (Å²) in [6.45, 7) is 1.87.